The molecule has 0 bridgehead atoms. The summed E-state index contributed by atoms with van der Waals surface area (Å²) >= 11 is 0. The summed E-state index contributed by atoms with van der Waals surface area (Å²) in [6, 6.07) is 10.2. The van der Waals surface area contributed by atoms with Crippen LogP contribution in [0.4, 0.5) is 9.18 Å². The Balaban J connectivity index is 1.34. The molecule has 1 aromatic heterocycles. The van der Waals surface area contributed by atoms with E-state index in [1.54, 1.807) is 6.07 Å². The maximum absolute atomic E-state index is 14.3. The van der Waals surface area contributed by atoms with Crippen molar-refractivity contribution < 1.29 is 18.7 Å². The topological polar surface area (TPSA) is 87.3 Å². The molecule has 1 saturated carbocycles. The highest BCUT2D eigenvalue weighted by Gasteiger charge is 2.26. The van der Waals surface area contributed by atoms with Gasteiger partial charge in [-0.15, -0.1) is 0 Å². The number of hydrogen-bond acceptors (Lipinski definition) is 4. The van der Waals surface area contributed by atoms with Gasteiger partial charge in [-0.1, -0.05) is 24.3 Å². The molecule has 2 heterocycles. The van der Waals surface area contributed by atoms with Gasteiger partial charge in [0.25, 0.3) is 0 Å². The van der Waals surface area contributed by atoms with Gasteiger partial charge in [-0.05, 0) is 24.3 Å². The van der Waals surface area contributed by atoms with Crippen molar-refractivity contribution in [3.05, 3.63) is 47.8 Å². The molecule has 3 amide bonds. The van der Waals surface area contributed by atoms with E-state index in [0.29, 0.717) is 35.9 Å². The molecular weight excluding hydrogens is 375 g/mol. The quantitative estimate of drug-likeness (QED) is 0.629. The van der Waals surface area contributed by atoms with Gasteiger partial charge in [0.2, 0.25) is 5.91 Å². The molecule has 0 radical (unpaired) electrons. The second kappa shape index (κ2) is 6.88. The van der Waals surface area contributed by atoms with Crippen molar-refractivity contribution in [2.75, 3.05) is 13.2 Å². The number of benzene rings is 2. The van der Waals surface area contributed by atoms with Crippen LogP contribution in [0.25, 0.3) is 22.4 Å². The molecule has 148 valence electrons. The molecule has 0 spiro atoms. The van der Waals surface area contributed by atoms with E-state index < -0.39 is 5.82 Å². The summed E-state index contributed by atoms with van der Waals surface area (Å²) in [5, 5.41) is 2.26. The van der Waals surface area contributed by atoms with Gasteiger partial charge in [-0.2, -0.15) is 0 Å². The van der Waals surface area contributed by atoms with Crippen molar-refractivity contribution >= 4 is 23.0 Å². The fourth-order valence-corrected chi connectivity index (χ4v) is 3.35. The number of nitrogens with one attached hydrogen (secondary N) is 2. The number of rotatable bonds is 6. The van der Waals surface area contributed by atoms with E-state index in [1.807, 2.05) is 24.3 Å². The molecule has 8 heteroatoms. The first kappa shape index (κ1) is 17.7. The van der Waals surface area contributed by atoms with Crippen molar-refractivity contribution in [1.29, 1.82) is 0 Å². The van der Waals surface area contributed by atoms with Gasteiger partial charge < -0.3 is 14.6 Å². The van der Waals surface area contributed by atoms with Crippen molar-refractivity contribution in [2.24, 2.45) is 5.92 Å². The number of fused-ring (bicyclic) bond motifs is 1. The van der Waals surface area contributed by atoms with Gasteiger partial charge in [0.05, 0.1) is 17.6 Å². The average Bonchev–Trinajstić information content (AvgIpc) is 3.36. The van der Waals surface area contributed by atoms with E-state index in [0.717, 1.165) is 24.0 Å². The standard InChI is InChI=1S/C21H19FN4O3/c22-15-7-16-17(8-18(15)29-11-13-1-2-13)24-20(23-16)14-5-3-12(4-6-14)9-26-10-19(27)25-21(26)28/h3-8,13H,1-2,9-11H2,(H,23,24)(H,25,27,28). The predicted octanol–water partition coefficient (Wildman–Crippen LogP) is 3.21. The predicted molar refractivity (Wildman–Crippen MR) is 104 cm³/mol. The smallest absolute Gasteiger partial charge is 0.324 e. The van der Waals surface area contributed by atoms with Gasteiger partial charge in [0.1, 0.15) is 12.4 Å². The summed E-state index contributed by atoms with van der Waals surface area (Å²) in [4.78, 5) is 32.1. The van der Waals surface area contributed by atoms with Crippen LogP contribution >= 0.6 is 0 Å². The van der Waals surface area contributed by atoms with Crippen LogP contribution in [-0.4, -0.2) is 40.0 Å². The number of amides is 3. The maximum atomic E-state index is 14.3. The zero-order chi connectivity index (χ0) is 20.0. The fourth-order valence-electron chi connectivity index (χ4n) is 3.35. The van der Waals surface area contributed by atoms with Crippen LogP contribution in [0.2, 0.25) is 0 Å². The highest BCUT2D eigenvalue weighted by molar-refractivity contribution is 6.01. The lowest BCUT2D eigenvalue weighted by molar-refractivity contribution is -0.118. The van der Waals surface area contributed by atoms with Crippen LogP contribution in [0, 0.1) is 11.7 Å². The van der Waals surface area contributed by atoms with Crippen molar-refractivity contribution in [3.8, 4) is 17.1 Å². The third-order valence-electron chi connectivity index (χ3n) is 5.18. The van der Waals surface area contributed by atoms with E-state index in [4.69, 9.17) is 4.74 Å². The second-order valence-electron chi connectivity index (χ2n) is 7.55. The summed E-state index contributed by atoms with van der Waals surface area (Å²) in [5.41, 5.74) is 2.99. The Morgan fingerprint density at radius 3 is 2.66 bits per heavy atom. The third kappa shape index (κ3) is 3.65. The lowest BCUT2D eigenvalue weighted by Gasteiger charge is -2.13. The second-order valence-corrected chi connectivity index (χ2v) is 7.55. The maximum Gasteiger partial charge on any atom is 0.324 e. The Kier molecular flexibility index (Phi) is 4.19. The number of nitrogens with zero attached hydrogens (tertiary/aromatic N) is 2. The highest BCUT2D eigenvalue weighted by atomic mass is 19.1. The molecule has 7 nitrogen and oxygen atoms in total. The van der Waals surface area contributed by atoms with Gasteiger partial charge in [-0.3, -0.25) is 10.1 Å². The summed E-state index contributed by atoms with van der Waals surface area (Å²) in [7, 11) is 0. The minimum atomic E-state index is -0.401. The number of urea groups is 1. The molecule has 1 saturated heterocycles. The first-order chi connectivity index (χ1) is 14.0. The van der Waals surface area contributed by atoms with E-state index in [1.165, 1.54) is 11.0 Å². The molecule has 29 heavy (non-hydrogen) atoms. The SMILES string of the molecule is O=C1CN(Cc2ccc(-c3nc4cc(OCC5CC5)c(F)cc4[nH]3)cc2)C(=O)N1. The number of halogens is 1. The molecule has 1 aliphatic heterocycles. The molecule has 2 aromatic carbocycles. The summed E-state index contributed by atoms with van der Waals surface area (Å²) < 4.78 is 19.9. The molecule has 0 unspecified atom stereocenters. The Morgan fingerprint density at radius 1 is 1.17 bits per heavy atom. The fraction of sp³-hybridized carbons (Fsp3) is 0.286. The third-order valence-corrected chi connectivity index (χ3v) is 5.18. The van der Waals surface area contributed by atoms with Crippen LogP contribution in [0.3, 0.4) is 0 Å². The van der Waals surface area contributed by atoms with Gasteiger partial charge in [-0.25, -0.2) is 14.2 Å². The highest BCUT2D eigenvalue weighted by Crippen LogP contribution is 2.31. The average molecular weight is 394 g/mol. The number of ether oxygens (including phenoxy) is 1. The van der Waals surface area contributed by atoms with Crippen LogP contribution in [-0.2, 0) is 11.3 Å². The van der Waals surface area contributed by atoms with Crippen molar-refractivity contribution in [1.82, 2.24) is 20.2 Å². The molecular formula is C21H19FN4O3. The number of carbonyl (C=O) groups excluding carboxylic acids is 2. The Labute approximate surface area is 165 Å². The van der Waals surface area contributed by atoms with Gasteiger partial charge >= 0.3 is 6.03 Å². The number of carbonyl (C=O) groups is 2. The lowest BCUT2D eigenvalue weighted by Crippen LogP contribution is -2.27. The summed E-state index contributed by atoms with van der Waals surface area (Å²) in [6.07, 6.45) is 2.29. The Morgan fingerprint density at radius 2 is 1.97 bits per heavy atom. The van der Waals surface area contributed by atoms with E-state index in [-0.39, 0.29) is 24.2 Å². The zero-order valence-corrected chi connectivity index (χ0v) is 15.6. The molecule has 1 aliphatic carbocycles. The van der Waals surface area contributed by atoms with E-state index in [9.17, 15) is 14.0 Å². The van der Waals surface area contributed by atoms with Crippen LogP contribution in [0.15, 0.2) is 36.4 Å². The first-order valence-electron chi connectivity index (χ1n) is 9.55. The van der Waals surface area contributed by atoms with Gasteiger partial charge in [0.15, 0.2) is 11.6 Å². The van der Waals surface area contributed by atoms with Crippen LogP contribution in [0.5, 0.6) is 5.75 Å². The van der Waals surface area contributed by atoms with Crippen molar-refractivity contribution in [2.45, 2.75) is 19.4 Å². The zero-order valence-electron chi connectivity index (χ0n) is 15.6. The number of hydrogen-bond donors (Lipinski definition) is 2. The monoisotopic (exact) mass is 394 g/mol. The molecule has 2 fully saturated rings. The Hall–Kier alpha value is -3.42. The van der Waals surface area contributed by atoms with E-state index in [2.05, 4.69) is 15.3 Å². The molecule has 2 N–H and O–H groups in total. The van der Waals surface area contributed by atoms with E-state index >= 15 is 0 Å². The van der Waals surface area contributed by atoms with Gasteiger partial charge in [0, 0.05) is 24.2 Å². The summed E-state index contributed by atoms with van der Waals surface area (Å²) in [5.74, 6) is 0.711. The van der Waals surface area contributed by atoms with Crippen LogP contribution in [0.1, 0.15) is 18.4 Å². The number of H-pyrrole nitrogens is 1. The molecule has 2 aliphatic rings. The minimum Gasteiger partial charge on any atom is -0.490 e. The molecule has 3 aromatic rings. The van der Waals surface area contributed by atoms with Crippen molar-refractivity contribution in [3.63, 3.8) is 0 Å². The van der Waals surface area contributed by atoms with Crippen LogP contribution < -0.4 is 10.1 Å². The largest absolute Gasteiger partial charge is 0.490 e. The Bertz CT molecular complexity index is 1110. The molecule has 0 atom stereocenters. The summed E-state index contributed by atoms with van der Waals surface area (Å²) in [6.45, 7) is 0.966. The normalized spacial score (nSPS) is 16.5. The number of imide groups is 1. The minimum absolute atomic E-state index is 0.0703. The number of aromatic amines is 1. The first-order valence-corrected chi connectivity index (χ1v) is 9.55. The number of imidazole rings is 1. The molecule has 5 rings (SSSR count). The lowest BCUT2D eigenvalue weighted by atomic mass is 10.1. The number of aromatic nitrogens is 2.